The van der Waals surface area contributed by atoms with E-state index in [1.165, 1.54) is 5.56 Å². The molecule has 0 aliphatic carbocycles. The minimum atomic E-state index is -3.26. The predicted octanol–water partition coefficient (Wildman–Crippen LogP) is 3.71. The Bertz CT molecular complexity index is 944. The number of rotatable bonds is 6. The first-order valence-corrected chi connectivity index (χ1v) is 12.5. The smallest absolute Gasteiger partial charge is 0.253 e. The van der Waals surface area contributed by atoms with Crippen LogP contribution < -0.4 is 0 Å². The van der Waals surface area contributed by atoms with Crippen molar-refractivity contribution >= 4 is 15.9 Å². The average Bonchev–Trinajstić information content (AvgIpc) is 3.30. The van der Waals surface area contributed by atoms with Crippen molar-refractivity contribution in [1.82, 2.24) is 9.21 Å². The van der Waals surface area contributed by atoms with Crippen LogP contribution in [0.5, 0.6) is 0 Å². The largest absolute Gasteiger partial charge is 0.339 e. The highest BCUT2D eigenvalue weighted by atomic mass is 32.2. The normalized spacial score (nSPS) is 18.6. The fourth-order valence-corrected chi connectivity index (χ4v) is 6.05. The first-order chi connectivity index (χ1) is 14.5. The van der Waals surface area contributed by atoms with Gasteiger partial charge in [0.05, 0.1) is 5.75 Å². The summed E-state index contributed by atoms with van der Waals surface area (Å²) in [7, 11) is -3.26. The van der Waals surface area contributed by atoms with E-state index in [9.17, 15) is 13.2 Å². The van der Waals surface area contributed by atoms with E-state index >= 15 is 0 Å². The van der Waals surface area contributed by atoms with Crippen LogP contribution in [0.3, 0.4) is 0 Å². The second-order valence-electron chi connectivity index (χ2n) is 8.48. The molecule has 160 valence electrons. The number of nitrogens with zero attached hydrogens (tertiary/aromatic N) is 2. The summed E-state index contributed by atoms with van der Waals surface area (Å²) in [6.45, 7) is 2.91. The van der Waals surface area contributed by atoms with Crippen LogP contribution in [-0.4, -0.2) is 49.7 Å². The Hall–Kier alpha value is -2.18. The molecule has 4 rings (SSSR count). The predicted molar refractivity (Wildman–Crippen MR) is 119 cm³/mol. The Morgan fingerprint density at radius 2 is 1.47 bits per heavy atom. The van der Waals surface area contributed by atoms with Gasteiger partial charge in [-0.1, -0.05) is 42.5 Å². The van der Waals surface area contributed by atoms with Crippen LogP contribution in [0.2, 0.25) is 0 Å². The lowest BCUT2D eigenvalue weighted by molar-refractivity contribution is 0.0793. The molecule has 0 N–H and O–H groups in total. The van der Waals surface area contributed by atoms with E-state index in [-0.39, 0.29) is 11.7 Å². The zero-order chi connectivity index (χ0) is 21.0. The molecular formula is C24H30N2O3S. The lowest BCUT2D eigenvalue weighted by atomic mass is 9.90. The van der Waals surface area contributed by atoms with Gasteiger partial charge in [-0.3, -0.25) is 4.79 Å². The third-order valence-electron chi connectivity index (χ3n) is 6.28. The number of hydrogen-bond acceptors (Lipinski definition) is 3. The minimum Gasteiger partial charge on any atom is -0.339 e. The molecule has 0 atom stereocenters. The topological polar surface area (TPSA) is 57.7 Å². The van der Waals surface area contributed by atoms with Crippen LogP contribution in [0, 0.1) is 5.92 Å². The minimum absolute atomic E-state index is 0.0744. The Morgan fingerprint density at radius 1 is 0.833 bits per heavy atom. The zero-order valence-electron chi connectivity index (χ0n) is 17.4. The first-order valence-electron chi connectivity index (χ1n) is 10.9. The van der Waals surface area contributed by atoms with Crippen LogP contribution >= 0.6 is 0 Å². The zero-order valence-corrected chi connectivity index (χ0v) is 18.2. The molecule has 0 aromatic heterocycles. The number of carbonyl (C=O) groups is 1. The van der Waals surface area contributed by atoms with E-state index in [1.807, 2.05) is 47.4 Å². The third-order valence-corrected chi connectivity index (χ3v) is 8.13. The Balaban J connectivity index is 1.29. The van der Waals surface area contributed by atoms with Gasteiger partial charge in [0.15, 0.2) is 0 Å². The maximum atomic E-state index is 12.7. The highest BCUT2D eigenvalue weighted by Crippen LogP contribution is 2.25. The molecule has 2 aliphatic rings. The van der Waals surface area contributed by atoms with E-state index in [2.05, 4.69) is 12.1 Å². The number of amides is 1. The van der Waals surface area contributed by atoms with Gasteiger partial charge >= 0.3 is 0 Å². The monoisotopic (exact) mass is 426 g/mol. The van der Waals surface area contributed by atoms with Crippen LogP contribution in [0.25, 0.3) is 0 Å². The van der Waals surface area contributed by atoms with Crippen molar-refractivity contribution in [2.75, 3.05) is 26.2 Å². The van der Waals surface area contributed by atoms with E-state index in [0.717, 1.165) is 56.3 Å². The van der Waals surface area contributed by atoms with Gasteiger partial charge in [-0.25, -0.2) is 12.7 Å². The average molecular weight is 427 g/mol. The Labute approximate surface area is 179 Å². The fraction of sp³-hybridized carbons (Fsp3) is 0.458. The summed E-state index contributed by atoms with van der Waals surface area (Å²) in [6.07, 6.45) is 4.89. The molecule has 0 radical (unpaired) electrons. The molecule has 2 saturated heterocycles. The third kappa shape index (κ3) is 5.10. The van der Waals surface area contributed by atoms with E-state index in [1.54, 1.807) is 4.31 Å². The molecule has 2 fully saturated rings. The standard InChI is InChI=1S/C24H30N2O3S/c27-24(25-14-4-5-15-25)23-10-8-20(9-11-23)18-21-12-16-26(17-13-21)30(28,29)19-22-6-2-1-3-7-22/h1-3,6-11,21H,4-5,12-19H2. The lowest BCUT2D eigenvalue weighted by Crippen LogP contribution is -2.39. The van der Waals surface area contributed by atoms with E-state index in [0.29, 0.717) is 19.0 Å². The van der Waals surface area contributed by atoms with Gasteiger partial charge in [0.25, 0.3) is 5.91 Å². The molecule has 5 nitrogen and oxygen atoms in total. The number of sulfonamides is 1. The molecule has 30 heavy (non-hydrogen) atoms. The summed E-state index contributed by atoms with van der Waals surface area (Å²) in [4.78, 5) is 14.4. The summed E-state index contributed by atoms with van der Waals surface area (Å²) in [5.74, 6) is 0.690. The Morgan fingerprint density at radius 3 is 2.10 bits per heavy atom. The van der Waals surface area contributed by atoms with Gasteiger partial charge < -0.3 is 4.90 Å². The SMILES string of the molecule is O=C(c1ccc(CC2CCN(S(=O)(=O)Cc3ccccc3)CC2)cc1)N1CCCC1. The van der Waals surface area contributed by atoms with Gasteiger partial charge in [-0.05, 0) is 61.3 Å². The molecule has 0 bridgehead atoms. The van der Waals surface area contributed by atoms with Crippen LogP contribution in [0.4, 0.5) is 0 Å². The molecule has 2 aliphatic heterocycles. The maximum Gasteiger partial charge on any atom is 0.253 e. The van der Waals surface area contributed by atoms with E-state index < -0.39 is 10.0 Å². The molecular weight excluding hydrogens is 396 g/mol. The second-order valence-corrected chi connectivity index (χ2v) is 10.5. The number of benzene rings is 2. The van der Waals surface area contributed by atoms with Crippen molar-refractivity contribution in [3.63, 3.8) is 0 Å². The molecule has 2 heterocycles. The van der Waals surface area contributed by atoms with Gasteiger partial charge in [0.2, 0.25) is 10.0 Å². The van der Waals surface area contributed by atoms with Gasteiger partial charge in [0.1, 0.15) is 0 Å². The molecule has 2 aromatic carbocycles. The molecule has 2 aromatic rings. The Kier molecular flexibility index (Phi) is 6.54. The quantitative estimate of drug-likeness (QED) is 0.708. The van der Waals surface area contributed by atoms with Crippen LogP contribution in [0.1, 0.15) is 47.2 Å². The van der Waals surface area contributed by atoms with Gasteiger partial charge in [0, 0.05) is 31.7 Å². The van der Waals surface area contributed by atoms with E-state index in [4.69, 9.17) is 0 Å². The first kappa shape index (κ1) is 21.1. The van der Waals surface area contributed by atoms with Crippen LogP contribution in [-0.2, 0) is 22.2 Å². The highest BCUT2D eigenvalue weighted by molar-refractivity contribution is 7.88. The molecule has 0 unspecified atom stereocenters. The summed E-state index contributed by atoms with van der Waals surface area (Å²) in [5.41, 5.74) is 2.82. The second kappa shape index (κ2) is 9.31. The number of hydrogen-bond donors (Lipinski definition) is 0. The van der Waals surface area contributed by atoms with Crippen molar-refractivity contribution in [2.24, 2.45) is 5.92 Å². The number of carbonyl (C=O) groups excluding carboxylic acids is 1. The summed E-state index contributed by atoms with van der Waals surface area (Å²) >= 11 is 0. The summed E-state index contributed by atoms with van der Waals surface area (Å²) < 4.78 is 27.1. The summed E-state index contributed by atoms with van der Waals surface area (Å²) in [6, 6.07) is 17.4. The number of piperidine rings is 1. The van der Waals surface area contributed by atoms with Gasteiger partial charge in [-0.2, -0.15) is 0 Å². The molecule has 6 heteroatoms. The van der Waals surface area contributed by atoms with Crippen molar-refractivity contribution in [2.45, 2.75) is 37.9 Å². The summed E-state index contributed by atoms with van der Waals surface area (Å²) in [5, 5.41) is 0. The van der Waals surface area contributed by atoms with Crippen molar-refractivity contribution in [3.05, 3.63) is 71.3 Å². The lowest BCUT2D eigenvalue weighted by Gasteiger charge is -2.31. The number of likely N-dealkylation sites (tertiary alicyclic amines) is 1. The fourth-order valence-electron chi connectivity index (χ4n) is 4.49. The highest BCUT2D eigenvalue weighted by Gasteiger charge is 2.28. The van der Waals surface area contributed by atoms with Crippen molar-refractivity contribution in [1.29, 1.82) is 0 Å². The van der Waals surface area contributed by atoms with Gasteiger partial charge in [-0.15, -0.1) is 0 Å². The van der Waals surface area contributed by atoms with Crippen molar-refractivity contribution in [3.8, 4) is 0 Å². The van der Waals surface area contributed by atoms with Crippen LogP contribution in [0.15, 0.2) is 54.6 Å². The van der Waals surface area contributed by atoms with Crippen molar-refractivity contribution < 1.29 is 13.2 Å². The maximum absolute atomic E-state index is 12.7. The molecule has 0 saturated carbocycles. The molecule has 0 spiro atoms. The molecule has 1 amide bonds.